The van der Waals surface area contributed by atoms with Gasteiger partial charge in [0.1, 0.15) is 0 Å². The van der Waals surface area contributed by atoms with Crippen LogP contribution >= 0.6 is 15.9 Å². The summed E-state index contributed by atoms with van der Waals surface area (Å²) in [6, 6.07) is 6.06. The van der Waals surface area contributed by atoms with E-state index < -0.39 is 6.10 Å². The summed E-state index contributed by atoms with van der Waals surface area (Å²) >= 11 is 3.48. The molecule has 1 aromatic carbocycles. The van der Waals surface area contributed by atoms with Crippen LogP contribution in [0.2, 0.25) is 0 Å². The molecule has 1 aromatic rings. The summed E-state index contributed by atoms with van der Waals surface area (Å²) in [5.74, 6) is 0.0523. The van der Waals surface area contributed by atoms with Gasteiger partial charge < -0.3 is 15.3 Å². The molecule has 0 saturated heterocycles. The van der Waals surface area contributed by atoms with Gasteiger partial charge in [0.15, 0.2) is 0 Å². The van der Waals surface area contributed by atoms with Crippen molar-refractivity contribution in [2.75, 3.05) is 18.5 Å². The van der Waals surface area contributed by atoms with Crippen molar-refractivity contribution in [1.82, 2.24) is 5.32 Å². The lowest BCUT2D eigenvalue weighted by molar-refractivity contribution is -0.119. The molecule has 0 unspecified atom stereocenters. The van der Waals surface area contributed by atoms with Gasteiger partial charge in [-0.05, 0) is 53.4 Å². The first-order valence-corrected chi connectivity index (χ1v) is 7.24. The number of anilines is 1. The number of aliphatic hydroxyl groups excluding tert-OH is 1. The number of nitrogens with one attached hydrogen (secondary N) is 1. The molecular formula is C14H19BrN2O2. The lowest BCUT2D eigenvalue weighted by Crippen LogP contribution is -2.36. The van der Waals surface area contributed by atoms with Gasteiger partial charge in [0.2, 0.25) is 5.91 Å². The highest BCUT2D eigenvalue weighted by Gasteiger charge is 2.23. The summed E-state index contributed by atoms with van der Waals surface area (Å²) in [4.78, 5) is 13.7. The molecule has 0 spiro atoms. The number of likely N-dealkylation sites (N-methyl/N-ethyl adjacent to an activating group) is 1. The van der Waals surface area contributed by atoms with Crippen LogP contribution in [0.1, 0.15) is 31.4 Å². The molecule has 1 aliphatic rings. The third-order valence-corrected chi connectivity index (χ3v) is 3.82. The average Bonchev–Trinajstić information content (AvgIpc) is 3.12. The van der Waals surface area contributed by atoms with Crippen molar-refractivity contribution in [1.29, 1.82) is 0 Å². The van der Waals surface area contributed by atoms with Crippen molar-refractivity contribution in [2.24, 2.45) is 0 Å². The predicted molar refractivity (Wildman–Crippen MR) is 79.2 cm³/mol. The number of benzene rings is 1. The van der Waals surface area contributed by atoms with Gasteiger partial charge in [-0.25, -0.2) is 0 Å². The molecule has 2 N–H and O–H groups in total. The molecule has 0 aromatic heterocycles. The van der Waals surface area contributed by atoms with E-state index in [1.165, 1.54) is 0 Å². The smallest absolute Gasteiger partial charge is 0.239 e. The van der Waals surface area contributed by atoms with Crippen LogP contribution < -0.4 is 10.2 Å². The van der Waals surface area contributed by atoms with Gasteiger partial charge in [0.05, 0.1) is 18.3 Å². The minimum atomic E-state index is -0.492. The first kappa shape index (κ1) is 14.3. The molecule has 1 saturated carbocycles. The van der Waals surface area contributed by atoms with E-state index in [4.69, 9.17) is 0 Å². The first-order valence-electron chi connectivity index (χ1n) is 6.45. The third-order valence-electron chi connectivity index (χ3n) is 3.19. The first-order chi connectivity index (χ1) is 8.97. The Hall–Kier alpha value is -1.07. The van der Waals surface area contributed by atoms with Crippen molar-refractivity contribution < 1.29 is 9.90 Å². The highest BCUT2D eigenvalue weighted by molar-refractivity contribution is 9.10. The molecule has 0 aliphatic heterocycles. The Morgan fingerprint density at radius 1 is 1.58 bits per heavy atom. The Bertz CT molecular complexity index is 473. The van der Waals surface area contributed by atoms with Crippen molar-refractivity contribution in [3.63, 3.8) is 0 Å². The topological polar surface area (TPSA) is 52.6 Å². The van der Waals surface area contributed by atoms with Gasteiger partial charge in [0.25, 0.3) is 0 Å². The summed E-state index contributed by atoms with van der Waals surface area (Å²) in [6.45, 7) is 2.07. The maximum atomic E-state index is 11.8. The Morgan fingerprint density at radius 2 is 2.26 bits per heavy atom. The second-order valence-corrected chi connectivity index (χ2v) is 5.94. The fraction of sp³-hybridized carbons (Fsp3) is 0.500. The SMILES string of the molecule is C[C@H](O)c1ccc(N(C)CC(=O)NC2CC2)c(Br)c1. The van der Waals surface area contributed by atoms with Crippen molar-refractivity contribution in [3.8, 4) is 0 Å². The number of aliphatic hydroxyl groups is 1. The van der Waals surface area contributed by atoms with Gasteiger partial charge in [-0.15, -0.1) is 0 Å². The third kappa shape index (κ3) is 3.94. The molecule has 0 bridgehead atoms. The van der Waals surface area contributed by atoms with E-state index >= 15 is 0 Å². The second-order valence-electron chi connectivity index (χ2n) is 5.08. The highest BCUT2D eigenvalue weighted by Crippen LogP contribution is 2.28. The summed E-state index contributed by atoms with van der Waals surface area (Å²) in [7, 11) is 1.88. The van der Waals surface area contributed by atoms with Crippen LogP contribution in [0.4, 0.5) is 5.69 Å². The fourth-order valence-corrected chi connectivity index (χ4v) is 2.59. The molecule has 1 amide bonds. The quantitative estimate of drug-likeness (QED) is 0.872. The van der Waals surface area contributed by atoms with Crippen LogP contribution in [-0.4, -0.2) is 30.6 Å². The van der Waals surface area contributed by atoms with Crippen molar-refractivity contribution in [3.05, 3.63) is 28.2 Å². The zero-order valence-electron chi connectivity index (χ0n) is 11.2. The molecule has 0 radical (unpaired) electrons. The van der Waals surface area contributed by atoms with Crippen LogP contribution in [0.25, 0.3) is 0 Å². The summed E-state index contributed by atoms with van der Waals surface area (Å²) in [5, 5.41) is 12.5. The Kier molecular flexibility index (Phi) is 4.47. The summed E-state index contributed by atoms with van der Waals surface area (Å²) < 4.78 is 0.882. The number of carbonyl (C=O) groups excluding carboxylic acids is 1. The molecule has 104 valence electrons. The van der Waals surface area contributed by atoms with Crippen LogP contribution in [0.5, 0.6) is 0 Å². The number of hydrogen-bond donors (Lipinski definition) is 2. The lowest BCUT2D eigenvalue weighted by atomic mass is 10.1. The van der Waals surface area contributed by atoms with Gasteiger partial charge in [-0.3, -0.25) is 4.79 Å². The molecule has 0 heterocycles. The van der Waals surface area contributed by atoms with E-state index in [1.54, 1.807) is 6.92 Å². The molecule has 2 rings (SSSR count). The van der Waals surface area contributed by atoms with Crippen LogP contribution in [-0.2, 0) is 4.79 Å². The Labute approximate surface area is 121 Å². The van der Waals surface area contributed by atoms with Crippen molar-refractivity contribution >= 4 is 27.5 Å². The summed E-state index contributed by atoms with van der Waals surface area (Å²) in [5.41, 5.74) is 1.79. The van der Waals surface area contributed by atoms with E-state index in [0.717, 1.165) is 28.6 Å². The van der Waals surface area contributed by atoms with E-state index in [-0.39, 0.29) is 5.91 Å². The van der Waals surface area contributed by atoms with Crippen LogP contribution in [0, 0.1) is 0 Å². The molecule has 1 aliphatic carbocycles. The zero-order chi connectivity index (χ0) is 14.0. The fourth-order valence-electron chi connectivity index (χ4n) is 1.89. The molecular weight excluding hydrogens is 308 g/mol. The van der Waals surface area contributed by atoms with Gasteiger partial charge in [-0.1, -0.05) is 6.07 Å². The Morgan fingerprint density at radius 3 is 2.79 bits per heavy atom. The Balaban J connectivity index is 2.01. The minimum Gasteiger partial charge on any atom is -0.389 e. The van der Waals surface area contributed by atoms with Gasteiger partial charge in [-0.2, -0.15) is 0 Å². The second kappa shape index (κ2) is 5.92. The number of halogens is 1. The normalized spacial score (nSPS) is 16.0. The molecule has 5 heteroatoms. The van der Waals surface area contributed by atoms with Crippen LogP contribution in [0.15, 0.2) is 22.7 Å². The number of carbonyl (C=O) groups is 1. The lowest BCUT2D eigenvalue weighted by Gasteiger charge is -2.21. The number of rotatable bonds is 5. The largest absolute Gasteiger partial charge is 0.389 e. The van der Waals surface area contributed by atoms with E-state index in [9.17, 15) is 9.90 Å². The van der Waals surface area contributed by atoms with E-state index in [2.05, 4.69) is 21.2 Å². The zero-order valence-corrected chi connectivity index (χ0v) is 12.8. The van der Waals surface area contributed by atoms with E-state index in [0.29, 0.717) is 12.6 Å². The average molecular weight is 327 g/mol. The minimum absolute atomic E-state index is 0.0523. The standard InChI is InChI=1S/C14H19BrN2O2/c1-9(18)10-3-6-13(12(15)7-10)17(2)8-14(19)16-11-4-5-11/h3,6-7,9,11,18H,4-5,8H2,1-2H3,(H,16,19)/t9-/m0/s1. The molecule has 19 heavy (non-hydrogen) atoms. The maximum absolute atomic E-state index is 11.8. The molecule has 1 atom stereocenters. The highest BCUT2D eigenvalue weighted by atomic mass is 79.9. The molecule has 1 fully saturated rings. The summed E-state index contributed by atoms with van der Waals surface area (Å²) in [6.07, 6.45) is 1.71. The number of hydrogen-bond acceptors (Lipinski definition) is 3. The van der Waals surface area contributed by atoms with Crippen LogP contribution in [0.3, 0.4) is 0 Å². The number of nitrogens with zero attached hydrogens (tertiary/aromatic N) is 1. The van der Waals surface area contributed by atoms with Crippen molar-refractivity contribution in [2.45, 2.75) is 31.9 Å². The predicted octanol–water partition coefficient (Wildman–Crippen LogP) is 2.22. The van der Waals surface area contributed by atoms with Gasteiger partial charge >= 0.3 is 0 Å². The van der Waals surface area contributed by atoms with E-state index in [1.807, 2.05) is 30.1 Å². The maximum Gasteiger partial charge on any atom is 0.239 e. The monoisotopic (exact) mass is 326 g/mol. The number of amides is 1. The molecule has 4 nitrogen and oxygen atoms in total. The van der Waals surface area contributed by atoms with Gasteiger partial charge in [0, 0.05) is 17.6 Å².